The number of rotatable bonds is 3. The number of benzene rings is 1. The summed E-state index contributed by atoms with van der Waals surface area (Å²) in [7, 11) is 0. The molecule has 1 aromatic carbocycles. The molecule has 1 heterocycles. The van der Waals surface area contributed by atoms with Crippen LogP contribution < -0.4 is 5.32 Å². The van der Waals surface area contributed by atoms with E-state index in [1.165, 1.54) is 16.7 Å². The summed E-state index contributed by atoms with van der Waals surface area (Å²) in [6, 6.07) is 7.79. The van der Waals surface area contributed by atoms with Crippen molar-refractivity contribution in [3.63, 3.8) is 0 Å². The number of amides is 3. The van der Waals surface area contributed by atoms with Gasteiger partial charge in [0.15, 0.2) is 0 Å². The Bertz CT molecular complexity index is 598. The number of nitrogens with zero attached hydrogens (tertiary/aromatic N) is 1. The Hall–Kier alpha value is -1.82. The van der Waals surface area contributed by atoms with Gasteiger partial charge in [-0.05, 0) is 32.4 Å². The highest BCUT2D eigenvalue weighted by Crippen LogP contribution is 2.24. The van der Waals surface area contributed by atoms with E-state index in [9.17, 15) is 14.4 Å². The zero-order valence-corrected chi connectivity index (χ0v) is 13.1. The Kier molecular flexibility index (Phi) is 4.37. The summed E-state index contributed by atoms with van der Waals surface area (Å²) < 4.78 is 0. The first-order valence-electron chi connectivity index (χ1n) is 6.65. The molecular formula is C15H18N2O3S. The van der Waals surface area contributed by atoms with Crippen LogP contribution in [0.5, 0.6) is 0 Å². The van der Waals surface area contributed by atoms with Crippen molar-refractivity contribution in [3.8, 4) is 0 Å². The normalized spacial score (nSPS) is 17.6. The first kappa shape index (κ1) is 15.6. The molecule has 5 nitrogen and oxygen atoms in total. The minimum absolute atomic E-state index is 0.0775. The molecule has 0 unspecified atom stereocenters. The Morgan fingerprint density at radius 1 is 1.33 bits per heavy atom. The third kappa shape index (κ3) is 3.26. The van der Waals surface area contributed by atoms with Crippen molar-refractivity contribution in [2.24, 2.45) is 0 Å². The zero-order chi connectivity index (χ0) is 15.6. The summed E-state index contributed by atoms with van der Waals surface area (Å²) in [4.78, 5) is 38.0. The molecule has 3 amide bonds. The van der Waals surface area contributed by atoms with E-state index in [1.807, 2.05) is 31.2 Å². The van der Waals surface area contributed by atoms with Crippen LogP contribution in [0.15, 0.2) is 29.2 Å². The van der Waals surface area contributed by atoms with Crippen molar-refractivity contribution >= 4 is 29.5 Å². The third-order valence-electron chi connectivity index (χ3n) is 3.53. The number of thioether (sulfide) groups is 1. The number of carbonyl (C=O) groups excluding carboxylic acids is 3. The molecule has 6 heteroatoms. The van der Waals surface area contributed by atoms with Crippen LogP contribution in [0, 0.1) is 6.92 Å². The quantitative estimate of drug-likeness (QED) is 0.676. The molecule has 0 spiro atoms. The van der Waals surface area contributed by atoms with E-state index in [1.54, 1.807) is 13.8 Å². The molecule has 1 saturated heterocycles. The van der Waals surface area contributed by atoms with Crippen molar-refractivity contribution in [1.82, 2.24) is 10.2 Å². The highest BCUT2D eigenvalue weighted by Gasteiger charge is 2.43. The lowest BCUT2D eigenvalue weighted by molar-refractivity contribution is -0.154. The predicted octanol–water partition coefficient (Wildman–Crippen LogP) is 1.35. The molecule has 1 fully saturated rings. The van der Waals surface area contributed by atoms with E-state index in [2.05, 4.69) is 5.32 Å². The van der Waals surface area contributed by atoms with E-state index in [-0.39, 0.29) is 18.2 Å². The maximum atomic E-state index is 12.4. The monoisotopic (exact) mass is 306 g/mol. The fraction of sp³-hybridized carbons (Fsp3) is 0.400. The third-order valence-corrected chi connectivity index (χ3v) is 4.69. The average molecular weight is 306 g/mol. The Labute approximate surface area is 128 Å². The number of nitrogens with one attached hydrogen (secondary N) is 1. The van der Waals surface area contributed by atoms with E-state index >= 15 is 0 Å². The number of piperazine rings is 1. The van der Waals surface area contributed by atoms with Gasteiger partial charge in [0, 0.05) is 4.90 Å². The topological polar surface area (TPSA) is 66.5 Å². The highest BCUT2D eigenvalue weighted by molar-refractivity contribution is 8.00. The lowest BCUT2D eigenvalue weighted by Crippen LogP contribution is -2.65. The number of aryl methyl sites for hydroxylation is 1. The molecule has 1 aliphatic rings. The molecule has 0 atom stereocenters. The summed E-state index contributed by atoms with van der Waals surface area (Å²) in [5.74, 6) is -0.882. The van der Waals surface area contributed by atoms with Gasteiger partial charge in [0.2, 0.25) is 11.8 Å². The summed E-state index contributed by atoms with van der Waals surface area (Å²) in [5, 5.41) is 2.26. The second-order valence-electron chi connectivity index (χ2n) is 5.47. The average Bonchev–Trinajstić information content (AvgIpc) is 2.42. The van der Waals surface area contributed by atoms with Crippen molar-refractivity contribution in [1.29, 1.82) is 0 Å². The second kappa shape index (κ2) is 5.89. The maximum absolute atomic E-state index is 12.4. The Morgan fingerprint density at radius 2 is 2.00 bits per heavy atom. The molecule has 2 rings (SSSR count). The molecule has 0 radical (unpaired) electrons. The second-order valence-corrected chi connectivity index (χ2v) is 6.49. The Morgan fingerprint density at radius 3 is 2.67 bits per heavy atom. The standard InChI is InChI=1S/C15H18N2O3S/c1-10-6-4-5-7-11(10)21-9-13(19)17-8-12(18)16-14(20)15(17,2)3/h4-7H,8-9H2,1-3H3,(H,16,18,20). The fourth-order valence-corrected chi connectivity index (χ4v) is 3.02. The van der Waals surface area contributed by atoms with Crippen LogP contribution in [0.25, 0.3) is 0 Å². The van der Waals surface area contributed by atoms with Crippen molar-refractivity contribution < 1.29 is 14.4 Å². The molecule has 0 bridgehead atoms. The summed E-state index contributed by atoms with van der Waals surface area (Å²) in [6.07, 6.45) is 0. The van der Waals surface area contributed by atoms with E-state index < -0.39 is 17.4 Å². The van der Waals surface area contributed by atoms with Gasteiger partial charge in [-0.15, -0.1) is 11.8 Å². The van der Waals surface area contributed by atoms with Gasteiger partial charge in [-0.1, -0.05) is 18.2 Å². The minimum atomic E-state index is -1.00. The van der Waals surface area contributed by atoms with E-state index in [0.717, 1.165) is 10.5 Å². The first-order valence-corrected chi connectivity index (χ1v) is 7.64. The number of carbonyl (C=O) groups is 3. The van der Waals surface area contributed by atoms with Crippen LogP contribution in [0.3, 0.4) is 0 Å². The SMILES string of the molecule is Cc1ccccc1SCC(=O)N1CC(=O)NC(=O)C1(C)C. The molecule has 1 aliphatic heterocycles. The van der Waals surface area contributed by atoms with Gasteiger partial charge in [0.05, 0.1) is 5.75 Å². The molecule has 1 N–H and O–H groups in total. The van der Waals surface area contributed by atoms with Gasteiger partial charge in [-0.25, -0.2) is 0 Å². The van der Waals surface area contributed by atoms with Crippen molar-refractivity contribution in [2.75, 3.05) is 12.3 Å². The lowest BCUT2D eigenvalue weighted by Gasteiger charge is -2.40. The molecule has 21 heavy (non-hydrogen) atoms. The summed E-state index contributed by atoms with van der Waals surface area (Å²) in [5.41, 5.74) is 0.0964. The van der Waals surface area contributed by atoms with Gasteiger partial charge in [-0.3, -0.25) is 19.7 Å². The molecule has 0 saturated carbocycles. The van der Waals surface area contributed by atoms with E-state index in [4.69, 9.17) is 0 Å². The van der Waals surface area contributed by atoms with Gasteiger partial charge in [0.1, 0.15) is 12.1 Å². The van der Waals surface area contributed by atoms with Crippen molar-refractivity contribution in [2.45, 2.75) is 31.2 Å². The van der Waals surface area contributed by atoms with Crippen LogP contribution in [-0.2, 0) is 14.4 Å². The lowest BCUT2D eigenvalue weighted by atomic mass is 9.99. The van der Waals surface area contributed by atoms with Gasteiger partial charge in [-0.2, -0.15) is 0 Å². The number of hydrogen-bond acceptors (Lipinski definition) is 4. The van der Waals surface area contributed by atoms with Gasteiger partial charge < -0.3 is 4.90 Å². The first-order chi connectivity index (χ1) is 9.82. The van der Waals surface area contributed by atoms with Crippen LogP contribution in [0.1, 0.15) is 19.4 Å². The summed E-state index contributed by atoms with van der Waals surface area (Å²) >= 11 is 1.42. The largest absolute Gasteiger partial charge is 0.318 e. The molecule has 0 aromatic heterocycles. The van der Waals surface area contributed by atoms with Gasteiger partial charge in [0.25, 0.3) is 5.91 Å². The molecule has 1 aromatic rings. The van der Waals surface area contributed by atoms with Crippen LogP contribution >= 0.6 is 11.8 Å². The number of hydrogen-bond donors (Lipinski definition) is 1. The Balaban J connectivity index is 2.07. The fourth-order valence-electron chi connectivity index (χ4n) is 2.12. The zero-order valence-electron chi connectivity index (χ0n) is 12.3. The minimum Gasteiger partial charge on any atom is -0.318 e. The van der Waals surface area contributed by atoms with Crippen LogP contribution in [0.2, 0.25) is 0 Å². The number of imide groups is 1. The highest BCUT2D eigenvalue weighted by atomic mass is 32.2. The maximum Gasteiger partial charge on any atom is 0.252 e. The predicted molar refractivity (Wildman–Crippen MR) is 80.8 cm³/mol. The van der Waals surface area contributed by atoms with Crippen molar-refractivity contribution in [3.05, 3.63) is 29.8 Å². The van der Waals surface area contributed by atoms with Crippen LogP contribution in [-0.4, -0.2) is 40.5 Å². The summed E-state index contributed by atoms with van der Waals surface area (Å²) in [6.45, 7) is 5.19. The van der Waals surface area contributed by atoms with Crippen LogP contribution in [0.4, 0.5) is 0 Å². The van der Waals surface area contributed by atoms with Gasteiger partial charge >= 0.3 is 0 Å². The smallest absolute Gasteiger partial charge is 0.252 e. The molecule has 112 valence electrons. The van der Waals surface area contributed by atoms with E-state index in [0.29, 0.717) is 0 Å². The molecular weight excluding hydrogens is 288 g/mol. The molecule has 0 aliphatic carbocycles.